The lowest BCUT2D eigenvalue weighted by Crippen LogP contribution is -2.55. The van der Waals surface area contributed by atoms with Crippen LogP contribution in [0.15, 0.2) is 49.4 Å². The third-order valence-electron chi connectivity index (χ3n) is 5.61. The fraction of sp³-hybridized carbons (Fsp3) is 0.304. The van der Waals surface area contributed by atoms with Crippen molar-refractivity contribution in [2.24, 2.45) is 11.7 Å². The first kappa shape index (κ1) is 20.9. The summed E-state index contributed by atoms with van der Waals surface area (Å²) in [6, 6.07) is 6.77. The number of pyridine rings is 3. The topological polar surface area (TPSA) is 117 Å². The van der Waals surface area contributed by atoms with Crippen molar-refractivity contribution in [3.63, 3.8) is 0 Å². The maximum atomic E-state index is 13.0. The molecule has 0 saturated carbocycles. The SMILES string of the molecule is C=C(C)c1cnc2ccc(C(=O)Nc3cnccc3N3CC(C)C(O)C(N)C3)nc2c1. The van der Waals surface area contributed by atoms with Gasteiger partial charge in [0.15, 0.2) is 0 Å². The van der Waals surface area contributed by atoms with Crippen LogP contribution in [0.5, 0.6) is 0 Å². The molecule has 1 aliphatic rings. The highest BCUT2D eigenvalue weighted by molar-refractivity contribution is 6.05. The van der Waals surface area contributed by atoms with Gasteiger partial charge in [-0.3, -0.25) is 14.8 Å². The Morgan fingerprint density at radius 3 is 2.81 bits per heavy atom. The fourth-order valence-electron chi connectivity index (χ4n) is 3.82. The van der Waals surface area contributed by atoms with E-state index in [-0.39, 0.29) is 23.6 Å². The Balaban J connectivity index is 1.60. The maximum absolute atomic E-state index is 13.0. The molecule has 1 fully saturated rings. The number of hydrogen-bond donors (Lipinski definition) is 3. The van der Waals surface area contributed by atoms with Crippen LogP contribution in [0.25, 0.3) is 16.6 Å². The highest BCUT2D eigenvalue weighted by Crippen LogP contribution is 2.29. The molecule has 0 aromatic carbocycles. The van der Waals surface area contributed by atoms with Crippen molar-refractivity contribution in [3.05, 3.63) is 60.7 Å². The summed E-state index contributed by atoms with van der Waals surface area (Å²) in [6.07, 6.45) is 4.48. The zero-order chi connectivity index (χ0) is 22.1. The standard InChI is InChI=1S/C23H26N6O2/c1-13(2)15-8-19-17(26-9-15)4-5-18(27-19)23(31)28-20-10-25-7-6-21(20)29-11-14(3)22(30)16(24)12-29/h4-10,14,16,22,30H,1,11-12,24H2,2-3H3,(H,28,31). The van der Waals surface area contributed by atoms with Crippen LogP contribution in [0, 0.1) is 5.92 Å². The monoisotopic (exact) mass is 418 g/mol. The van der Waals surface area contributed by atoms with E-state index in [9.17, 15) is 9.90 Å². The Bertz CT molecular complexity index is 1140. The van der Waals surface area contributed by atoms with Crippen LogP contribution in [0.1, 0.15) is 29.9 Å². The molecular formula is C23H26N6O2. The van der Waals surface area contributed by atoms with Gasteiger partial charge in [-0.05, 0) is 42.3 Å². The van der Waals surface area contributed by atoms with E-state index in [4.69, 9.17) is 5.73 Å². The highest BCUT2D eigenvalue weighted by atomic mass is 16.3. The summed E-state index contributed by atoms with van der Waals surface area (Å²) >= 11 is 0. The molecule has 3 atom stereocenters. The predicted octanol–water partition coefficient (Wildman–Crippen LogP) is 2.45. The molecule has 0 bridgehead atoms. The maximum Gasteiger partial charge on any atom is 0.274 e. The number of aliphatic hydroxyl groups excluding tert-OH is 1. The van der Waals surface area contributed by atoms with Crippen LogP contribution in [-0.4, -0.2) is 51.2 Å². The summed E-state index contributed by atoms with van der Waals surface area (Å²) in [4.78, 5) is 28.1. The molecule has 4 rings (SSSR count). The predicted molar refractivity (Wildman–Crippen MR) is 122 cm³/mol. The molecule has 8 nitrogen and oxygen atoms in total. The zero-order valence-electron chi connectivity index (χ0n) is 17.6. The van der Waals surface area contributed by atoms with Crippen molar-refractivity contribution < 1.29 is 9.90 Å². The molecule has 1 amide bonds. The summed E-state index contributed by atoms with van der Waals surface area (Å²) < 4.78 is 0. The average molecular weight is 419 g/mol. The number of nitrogens with zero attached hydrogens (tertiary/aromatic N) is 4. The first-order valence-electron chi connectivity index (χ1n) is 10.2. The Hall–Kier alpha value is -3.36. The Morgan fingerprint density at radius 2 is 2.06 bits per heavy atom. The van der Waals surface area contributed by atoms with Gasteiger partial charge in [0.1, 0.15) is 5.69 Å². The normalized spacial score (nSPS) is 21.2. The van der Waals surface area contributed by atoms with Crippen LogP contribution in [0.4, 0.5) is 11.4 Å². The van der Waals surface area contributed by atoms with Crippen molar-refractivity contribution in [2.45, 2.75) is 26.0 Å². The summed E-state index contributed by atoms with van der Waals surface area (Å²) in [5, 5.41) is 13.1. The number of carbonyl (C=O) groups excluding carboxylic acids is 1. The number of nitrogens with one attached hydrogen (secondary N) is 1. The smallest absolute Gasteiger partial charge is 0.274 e. The van der Waals surface area contributed by atoms with Crippen LogP contribution >= 0.6 is 0 Å². The van der Waals surface area contributed by atoms with E-state index in [1.807, 2.05) is 26.0 Å². The lowest BCUT2D eigenvalue weighted by atomic mass is 9.92. The van der Waals surface area contributed by atoms with Crippen molar-refractivity contribution in [1.82, 2.24) is 15.0 Å². The van der Waals surface area contributed by atoms with E-state index in [1.54, 1.807) is 30.7 Å². The van der Waals surface area contributed by atoms with Crippen LogP contribution in [0.3, 0.4) is 0 Å². The number of aliphatic hydroxyl groups is 1. The van der Waals surface area contributed by atoms with Gasteiger partial charge in [-0.1, -0.05) is 13.5 Å². The number of nitrogens with two attached hydrogens (primary N) is 1. The summed E-state index contributed by atoms with van der Waals surface area (Å²) in [7, 11) is 0. The largest absolute Gasteiger partial charge is 0.391 e. The van der Waals surface area contributed by atoms with Gasteiger partial charge < -0.3 is 21.1 Å². The van der Waals surface area contributed by atoms with Crippen molar-refractivity contribution in [3.8, 4) is 0 Å². The van der Waals surface area contributed by atoms with Gasteiger partial charge in [0.2, 0.25) is 0 Å². The number of fused-ring (bicyclic) bond motifs is 1. The molecule has 31 heavy (non-hydrogen) atoms. The molecule has 3 unspecified atom stereocenters. The van der Waals surface area contributed by atoms with Gasteiger partial charge in [0, 0.05) is 37.4 Å². The van der Waals surface area contributed by atoms with Crippen molar-refractivity contribution >= 4 is 33.9 Å². The number of piperidine rings is 1. The quantitative estimate of drug-likeness (QED) is 0.596. The Kier molecular flexibility index (Phi) is 5.67. The first-order valence-corrected chi connectivity index (χ1v) is 10.2. The van der Waals surface area contributed by atoms with Crippen LogP contribution < -0.4 is 16.0 Å². The van der Waals surface area contributed by atoms with Crippen LogP contribution in [0.2, 0.25) is 0 Å². The molecule has 3 aromatic rings. The van der Waals surface area contributed by atoms with Gasteiger partial charge in [-0.15, -0.1) is 0 Å². The van der Waals surface area contributed by atoms with Gasteiger partial charge >= 0.3 is 0 Å². The van der Waals surface area contributed by atoms with E-state index in [2.05, 4.69) is 31.7 Å². The third-order valence-corrected chi connectivity index (χ3v) is 5.61. The Morgan fingerprint density at radius 1 is 1.26 bits per heavy atom. The minimum atomic E-state index is -0.546. The molecule has 1 saturated heterocycles. The minimum absolute atomic E-state index is 0.0117. The molecule has 0 aliphatic carbocycles. The molecule has 4 N–H and O–H groups in total. The van der Waals surface area contributed by atoms with E-state index in [0.29, 0.717) is 29.8 Å². The molecular weight excluding hydrogens is 392 g/mol. The van der Waals surface area contributed by atoms with Crippen molar-refractivity contribution in [1.29, 1.82) is 0 Å². The van der Waals surface area contributed by atoms with Gasteiger partial charge in [0.25, 0.3) is 5.91 Å². The number of anilines is 2. The van der Waals surface area contributed by atoms with E-state index < -0.39 is 6.10 Å². The summed E-state index contributed by atoms with van der Waals surface area (Å²) in [6.45, 7) is 8.91. The number of rotatable bonds is 4. The molecule has 0 spiro atoms. The van der Waals surface area contributed by atoms with E-state index in [1.165, 1.54) is 0 Å². The number of carbonyl (C=O) groups is 1. The second-order valence-corrected chi connectivity index (χ2v) is 8.12. The molecule has 0 radical (unpaired) electrons. The second-order valence-electron chi connectivity index (χ2n) is 8.12. The molecule has 1 aliphatic heterocycles. The third kappa shape index (κ3) is 4.26. The Labute approximate surface area is 180 Å². The lowest BCUT2D eigenvalue weighted by Gasteiger charge is -2.40. The van der Waals surface area contributed by atoms with Gasteiger partial charge in [-0.2, -0.15) is 0 Å². The second kappa shape index (κ2) is 8.41. The van der Waals surface area contributed by atoms with Crippen LogP contribution in [-0.2, 0) is 0 Å². The molecule has 3 aromatic heterocycles. The summed E-state index contributed by atoms with van der Waals surface area (Å²) in [5.74, 6) is -0.330. The average Bonchev–Trinajstić information content (AvgIpc) is 2.76. The molecule has 4 heterocycles. The molecule has 8 heteroatoms. The van der Waals surface area contributed by atoms with Crippen molar-refractivity contribution in [2.75, 3.05) is 23.3 Å². The zero-order valence-corrected chi connectivity index (χ0v) is 17.6. The van der Waals surface area contributed by atoms with Gasteiger partial charge in [0.05, 0.1) is 34.7 Å². The highest BCUT2D eigenvalue weighted by Gasteiger charge is 2.32. The van der Waals surface area contributed by atoms with E-state index >= 15 is 0 Å². The molecule has 160 valence electrons. The summed E-state index contributed by atoms with van der Waals surface area (Å²) in [5.41, 5.74) is 10.9. The number of allylic oxidation sites excluding steroid dienone is 1. The lowest BCUT2D eigenvalue weighted by molar-refractivity contribution is 0.0785. The minimum Gasteiger partial charge on any atom is -0.391 e. The first-order chi connectivity index (χ1) is 14.8. The number of aromatic nitrogens is 3. The number of amides is 1. The van der Waals surface area contributed by atoms with E-state index in [0.717, 1.165) is 16.8 Å². The fourth-order valence-corrected chi connectivity index (χ4v) is 3.82. The number of hydrogen-bond acceptors (Lipinski definition) is 7. The van der Waals surface area contributed by atoms with Gasteiger partial charge in [-0.25, -0.2) is 4.98 Å².